The quantitative estimate of drug-likeness (QED) is 0.694. The number of halogens is 3. The van der Waals surface area contributed by atoms with Gasteiger partial charge in [-0.25, -0.2) is 14.8 Å². The number of anilines is 1. The SMILES string of the molecule is O=C(OC1CCN(Cc2ccccc2)CC1)N1C2CC1CN(c1cnc(C(F)(F)F)cn1)C2. The molecule has 4 saturated heterocycles. The second-order valence-corrected chi connectivity index (χ2v) is 8.96. The zero-order valence-electron chi connectivity index (χ0n) is 18.1. The van der Waals surface area contributed by atoms with Crippen molar-refractivity contribution in [1.29, 1.82) is 0 Å². The van der Waals surface area contributed by atoms with E-state index in [9.17, 15) is 18.0 Å². The maximum Gasteiger partial charge on any atom is 0.434 e. The minimum absolute atomic E-state index is 0.0153. The van der Waals surface area contributed by atoms with E-state index in [2.05, 4.69) is 27.0 Å². The van der Waals surface area contributed by atoms with Gasteiger partial charge in [-0.3, -0.25) is 9.80 Å². The number of ether oxygens (including phenoxy) is 1. The number of piperidine rings is 2. The number of carbonyl (C=O) groups excluding carboxylic acids is 1. The van der Waals surface area contributed by atoms with Crippen LogP contribution in [-0.4, -0.2) is 70.2 Å². The number of nitrogens with zero attached hydrogens (tertiary/aromatic N) is 5. The van der Waals surface area contributed by atoms with Gasteiger partial charge in [0.1, 0.15) is 11.9 Å². The van der Waals surface area contributed by atoms with Crippen LogP contribution in [0.15, 0.2) is 42.7 Å². The molecule has 4 fully saturated rings. The molecule has 33 heavy (non-hydrogen) atoms. The molecular formula is C23H26F3N5O2. The monoisotopic (exact) mass is 461 g/mol. The van der Waals surface area contributed by atoms with Gasteiger partial charge in [-0.15, -0.1) is 0 Å². The van der Waals surface area contributed by atoms with Crippen molar-refractivity contribution in [3.63, 3.8) is 0 Å². The Hall–Kier alpha value is -2.88. The van der Waals surface area contributed by atoms with E-state index in [0.29, 0.717) is 18.9 Å². The number of hydrogen-bond donors (Lipinski definition) is 0. The summed E-state index contributed by atoms with van der Waals surface area (Å²) < 4.78 is 43.9. The van der Waals surface area contributed by atoms with Crippen molar-refractivity contribution in [2.45, 2.75) is 50.2 Å². The van der Waals surface area contributed by atoms with E-state index in [4.69, 9.17) is 4.74 Å². The molecule has 1 amide bonds. The molecular weight excluding hydrogens is 435 g/mol. The Morgan fingerprint density at radius 3 is 2.33 bits per heavy atom. The summed E-state index contributed by atoms with van der Waals surface area (Å²) in [7, 11) is 0. The molecule has 2 atom stereocenters. The van der Waals surface area contributed by atoms with E-state index >= 15 is 0 Å². The summed E-state index contributed by atoms with van der Waals surface area (Å²) in [6, 6.07) is 10.3. The lowest BCUT2D eigenvalue weighted by Crippen LogP contribution is -2.70. The summed E-state index contributed by atoms with van der Waals surface area (Å²) in [5.74, 6) is 0.400. The average molecular weight is 461 g/mol. The first-order chi connectivity index (χ1) is 15.9. The van der Waals surface area contributed by atoms with Crippen LogP contribution in [0, 0.1) is 0 Å². The first-order valence-corrected chi connectivity index (χ1v) is 11.3. The third-order valence-electron chi connectivity index (χ3n) is 6.71. The van der Waals surface area contributed by atoms with E-state index in [1.165, 1.54) is 5.56 Å². The highest BCUT2D eigenvalue weighted by Crippen LogP contribution is 2.35. The number of benzene rings is 1. The van der Waals surface area contributed by atoms with Gasteiger partial charge in [0.25, 0.3) is 0 Å². The van der Waals surface area contributed by atoms with Gasteiger partial charge in [0.2, 0.25) is 0 Å². The maximum atomic E-state index is 12.8. The number of piperazine rings is 1. The molecule has 2 aromatic rings. The molecule has 0 spiro atoms. The van der Waals surface area contributed by atoms with Crippen molar-refractivity contribution >= 4 is 11.9 Å². The van der Waals surface area contributed by atoms with E-state index in [0.717, 1.165) is 51.3 Å². The summed E-state index contributed by atoms with van der Waals surface area (Å²) in [5.41, 5.74) is 0.275. The van der Waals surface area contributed by atoms with Crippen LogP contribution < -0.4 is 4.90 Å². The largest absolute Gasteiger partial charge is 0.446 e. The molecule has 0 N–H and O–H groups in total. The van der Waals surface area contributed by atoms with Gasteiger partial charge < -0.3 is 9.64 Å². The highest BCUT2D eigenvalue weighted by molar-refractivity contribution is 5.71. The molecule has 0 saturated carbocycles. The normalized spacial score (nSPS) is 23.8. The van der Waals surface area contributed by atoms with Crippen LogP contribution in [0.1, 0.15) is 30.5 Å². The fraction of sp³-hybridized carbons (Fsp3) is 0.522. The summed E-state index contributed by atoms with van der Waals surface area (Å²) >= 11 is 0. The summed E-state index contributed by atoms with van der Waals surface area (Å²) in [5, 5.41) is 0. The van der Waals surface area contributed by atoms with Crippen LogP contribution >= 0.6 is 0 Å². The van der Waals surface area contributed by atoms with Crippen molar-refractivity contribution in [3.8, 4) is 0 Å². The Bertz CT molecular complexity index is 952. The molecule has 7 nitrogen and oxygen atoms in total. The van der Waals surface area contributed by atoms with Crippen molar-refractivity contribution in [2.24, 2.45) is 0 Å². The van der Waals surface area contributed by atoms with Crippen molar-refractivity contribution < 1.29 is 22.7 Å². The molecule has 4 aliphatic heterocycles. The van der Waals surface area contributed by atoms with E-state index < -0.39 is 11.9 Å². The Morgan fingerprint density at radius 2 is 1.73 bits per heavy atom. The van der Waals surface area contributed by atoms with Gasteiger partial charge in [0.15, 0.2) is 5.69 Å². The number of carbonyl (C=O) groups is 1. The van der Waals surface area contributed by atoms with Crippen molar-refractivity contribution in [3.05, 3.63) is 54.0 Å². The predicted molar refractivity (Wildman–Crippen MR) is 115 cm³/mol. The van der Waals surface area contributed by atoms with Crippen LogP contribution in [-0.2, 0) is 17.5 Å². The van der Waals surface area contributed by atoms with Crippen LogP contribution in [0.2, 0.25) is 0 Å². The molecule has 176 valence electrons. The van der Waals surface area contributed by atoms with Gasteiger partial charge in [-0.1, -0.05) is 30.3 Å². The molecule has 5 heterocycles. The first kappa shape index (κ1) is 21.9. The van der Waals surface area contributed by atoms with Gasteiger partial charge >= 0.3 is 12.3 Å². The molecule has 6 rings (SSSR count). The fourth-order valence-electron chi connectivity index (χ4n) is 4.96. The third kappa shape index (κ3) is 4.75. The highest BCUT2D eigenvalue weighted by atomic mass is 19.4. The zero-order chi connectivity index (χ0) is 23.0. The molecule has 2 unspecified atom stereocenters. The summed E-state index contributed by atoms with van der Waals surface area (Å²) in [6.07, 6.45) is -0.461. The van der Waals surface area contributed by atoms with E-state index in [-0.39, 0.29) is 24.3 Å². The maximum absolute atomic E-state index is 12.8. The lowest BCUT2D eigenvalue weighted by atomic mass is 9.88. The number of likely N-dealkylation sites (tertiary alicyclic amines) is 1. The summed E-state index contributed by atoms with van der Waals surface area (Å²) in [6.45, 7) is 3.71. The predicted octanol–water partition coefficient (Wildman–Crippen LogP) is 3.56. The lowest BCUT2D eigenvalue weighted by molar-refractivity contribution is -0.141. The van der Waals surface area contributed by atoms with Gasteiger partial charge in [-0.2, -0.15) is 13.2 Å². The number of aromatic nitrogens is 2. The Kier molecular flexibility index (Phi) is 5.86. The molecule has 1 aromatic carbocycles. The Labute approximate surface area is 190 Å². The van der Waals surface area contributed by atoms with Crippen LogP contribution in [0.3, 0.4) is 0 Å². The Morgan fingerprint density at radius 1 is 1.03 bits per heavy atom. The van der Waals surface area contributed by atoms with Crippen LogP contribution in [0.4, 0.5) is 23.8 Å². The van der Waals surface area contributed by atoms with E-state index in [1.807, 2.05) is 23.1 Å². The van der Waals surface area contributed by atoms with Gasteiger partial charge in [0.05, 0.1) is 24.5 Å². The van der Waals surface area contributed by atoms with Crippen molar-refractivity contribution in [1.82, 2.24) is 19.8 Å². The number of fused-ring (bicyclic) bond motifs is 2. The molecule has 4 aliphatic rings. The van der Waals surface area contributed by atoms with E-state index in [1.54, 1.807) is 4.90 Å². The number of amides is 1. The summed E-state index contributed by atoms with van der Waals surface area (Å²) in [4.78, 5) is 26.3. The minimum atomic E-state index is -4.51. The first-order valence-electron chi connectivity index (χ1n) is 11.3. The van der Waals surface area contributed by atoms with Gasteiger partial charge in [0, 0.05) is 32.7 Å². The average Bonchev–Trinajstić information content (AvgIpc) is 2.80. The lowest BCUT2D eigenvalue weighted by Gasteiger charge is -2.55. The van der Waals surface area contributed by atoms with Crippen molar-refractivity contribution in [2.75, 3.05) is 31.1 Å². The second-order valence-electron chi connectivity index (χ2n) is 8.96. The molecule has 1 aromatic heterocycles. The zero-order valence-corrected chi connectivity index (χ0v) is 18.1. The topological polar surface area (TPSA) is 61.8 Å². The Balaban J connectivity index is 1.10. The standard InChI is InChI=1S/C23H26F3N5O2/c24-23(25,26)20-11-28-21(12-27-20)30-14-17-10-18(15-30)31(17)22(32)33-19-6-8-29(9-7-19)13-16-4-2-1-3-5-16/h1-5,11-12,17-19H,6-10,13-15H2. The molecule has 0 aliphatic carbocycles. The van der Waals surface area contributed by atoms with Gasteiger partial charge in [-0.05, 0) is 24.8 Å². The second kappa shape index (κ2) is 8.81. The highest BCUT2D eigenvalue weighted by Gasteiger charge is 2.49. The number of hydrogen-bond acceptors (Lipinski definition) is 6. The smallest absolute Gasteiger partial charge is 0.434 e. The fourth-order valence-corrected chi connectivity index (χ4v) is 4.96. The number of rotatable bonds is 4. The van der Waals surface area contributed by atoms with Crippen LogP contribution in [0.5, 0.6) is 0 Å². The number of alkyl halides is 3. The third-order valence-corrected chi connectivity index (χ3v) is 6.71. The minimum Gasteiger partial charge on any atom is -0.446 e. The van der Waals surface area contributed by atoms with Crippen LogP contribution in [0.25, 0.3) is 0 Å². The molecule has 2 bridgehead atoms. The molecule has 0 radical (unpaired) electrons. The molecule has 10 heteroatoms.